The van der Waals surface area contributed by atoms with Crippen molar-refractivity contribution >= 4 is 5.97 Å². The minimum Gasteiger partial charge on any atom is -0.465 e. The van der Waals surface area contributed by atoms with Gasteiger partial charge in [0.05, 0.1) is 6.61 Å². The zero-order valence-corrected chi connectivity index (χ0v) is 5.46. The van der Waals surface area contributed by atoms with E-state index < -0.39 is 12.0 Å². The van der Waals surface area contributed by atoms with Crippen molar-refractivity contribution in [3.8, 4) is 0 Å². The standard InChI is InChI=1S/C6H11NO2/c1-3-5(7)6(8)9-4-2/h3,5H,1,4,7H2,2H3/t5-/m1/s1. The van der Waals surface area contributed by atoms with Gasteiger partial charge in [-0.05, 0) is 6.92 Å². The Balaban J connectivity index is 3.58. The van der Waals surface area contributed by atoms with E-state index in [9.17, 15) is 4.79 Å². The van der Waals surface area contributed by atoms with Crippen LogP contribution in [0.2, 0.25) is 0 Å². The van der Waals surface area contributed by atoms with E-state index >= 15 is 0 Å². The first-order valence-electron chi connectivity index (χ1n) is 2.77. The van der Waals surface area contributed by atoms with Gasteiger partial charge in [-0.2, -0.15) is 0 Å². The molecule has 0 aromatic rings. The highest BCUT2D eigenvalue weighted by molar-refractivity contribution is 5.77. The highest BCUT2D eigenvalue weighted by atomic mass is 16.5. The van der Waals surface area contributed by atoms with Gasteiger partial charge in [-0.1, -0.05) is 6.08 Å². The summed E-state index contributed by atoms with van der Waals surface area (Å²) in [5.74, 6) is -0.424. The molecule has 0 fully saturated rings. The van der Waals surface area contributed by atoms with E-state index in [4.69, 9.17) is 5.73 Å². The number of hydrogen-bond donors (Lipinski definition) is 1. The van der Waals surface area contributed by atoms with Crippen LogP contribution in [-0.2, 0) is 9.53 Å². The van der Waals surface area contributed by atoms with E-state index in [1.165, 1.54) is 6.08 Å². The minimum atomic E-state index is -0.676. The van der Waals surface area contributed by atoms with Gasteiger partial charge >= 0.3 is 5.97 Å². The Morgan fingerprint density at radius 1 is 2.00 bits per heavy atom. The van der Waals surface area contributed by atoms with Gasteiger partial charge in [0.1, 0.15) is 6.04 Å². The maximum Gasteiger partial charge on any atom is 0.326 e. The first-order valence-corrected chi connectivity index (χ1v) is 2.77. The number of carbonyl (C=O) groups is 1. The maximum absolute atomic E-state index is 10.6. The van der Waals surface area contributed by atoms with Crippen molar-refractivity contribution in [3.05, 3.63) is 12.7 Å². The molecule has 0 saturated carbocycles. The van der Waals surface area contributed by atoms with Crippen molar-refractivity contribution in [2.24, 2.45) is 5.73 Å². The lowest BCUT2D eigenvalue weighted by Gasteiger charge is -2.03. The largest absolute Gasteiger partial charge is 0.465 e. The highest BCUT2D eigenvalue weighted by Gasteiger charge is 2.07. The third-order valence-corrected chi connectivity index (χ3v) is 0.813. The van der Waals surface area contributed by atoms with Gasteiger partial charge in [0.15, 0.2) is 0 Å². The first kappa shape index (κ1) is 8.17. The Morgan fingerprint density at radius 3 is 2.89 bits per heavy atom. The minimum absolute atomic E-state index is 0.361. The van der Waals surface area contributed by atoms with E-state index in [2.05, 4.69) is 11.3 Å². The molecule has 52 valence electrons. The van der Waals surface area contributed by atoms with Gasteiger partial charge < -0.3 is 10.5 Å². The fourth-order valence-corrected chi connectivity index (χ4v) is 0.335. The summed E-state index contributed by atoms with van der Waals surface area (Å²) in [6, 6.07) is -0.676. The molecule has 0 bridgehead atoms. The van der Waals surface area contributed by atoms with Crippen LogP contribution in [0.1, 0.15) is 6.92 Å². The molecule has 1 atom stereocenters. The van der Waals surface area contributed by atoms with Crippen LogP contribution >= 0.6 is 0 Å². The molecule has 0 saturated heterocycles. The number of rotatable bonds is 3. The summed E-state index contributed by atoms with van der Waals surface area (Å²) in [4.78, 5) is 10.6. The molecule has 0 rings (SSSR count). The second kappa shape index (κ2) is 4.09. The van der Waals surface area contributed by atoms with Crippen LogP contribution in [0.25, 0.3) is 0 Å². The molecule has 0 aromatic carbocycles. The summed E-state index contributed by atoms with van der Waals surface area (Å²) in [6.07, 6.45) is 1.35. The topological polar surface area (TPSA) is 52.3 Å². The lowest BCUT2D eigenvalue weighted by atomic mass is 10.3. The smallest absolute Gasteiger partial charge is 0.326 e. The van der Waals surface area contributed by atoms with Crippen LogP contribution in [0.15, 0.2) is 12.7 Å². The van der Waals surface area contributed by atoms with Gasteiger partial charge in [0.2, 0.25) is 0 Å². The lowest BCUT2D eigenvalue weighted by molar-refractivity contribution is -0.143. The molecule has 0 radical (unpaired) electrons. The summed E-state index contributed by atoms with van der Waals surface area (Å²) in [7, 11) is 0. The predicted octanol–water partition coefficient (Wildman–Crippen LogP) is 0.0628. The van der Waals surface area contributed by atoms with Crippen molar-refractivity contribution in [2.75, 3.05) is 6.61 Å². The Bertz CT molecular complexity index is 112. The van der Waals surface area contributed by atoms with E-state index in [-0.39, 0.29) is 0 Å². The molecular weight excluding hydrogens is 118 g/mol. The van der Waals surface area contributed by atoms with Crippen molar-refractivity contribution in [3.63, 3.8) is 0 Å². The second-order valence-corrected chi connectivity index (χ2v) is 1.51. The molecule has 0 aliphatic rings. The molecule has 0 spiro atoms. The van der Waals surface area contributed by atoms with Crippen LogP contribution in [0.4, 0.5) is 0 Å². The van der Waals surface area contributed by atoms with Crippen LogP contribution in [0, 0.1) is 0 Å². The van der Waals surface area contributed by atoms with Gasteiger partial charge in [-0.25, -0.2) is 0 Å². The number of esters is 1. The fraction of sp³-hybridized carbons (Fsp3) is 0.500. The lowest BCUT2D eigenvalue weighted by Crippen LogP contribution is -2.29. The maximum atomic E-state index is 10.6. The molecule has 0 aliphatic carbocycles. The highest BCUT2D eigenvalue weighted by Crippen LogP contribution is 1.84. The number of ether oxygens (including phenoxy) is 1. The third-order valence-electron chi connectivity index (χ3n) is 0.813. The Kier molecular flexibility index (Phi) is 3.71. The fourth-order valence-electron chi connectivity index (χ4n) is 0.335. The van der Waals surface area contributed by atoms with E-state index in [0.29, 0.717) is 6.61 Å². The zero-order valence-electron chi connectivity index (χ0n) is 5.46. The summed E-state index contributed by atoms with van der Waals surface area (Å²) in [5, 5.41) is 0. The molecule has 0 aliphatic heterocycles. The summed E-state index contributed by atoms with van der Waals surface area (Å²) >= 11 is 0. The van der Waals surface area contributed by atoms with Gasteiger partial charge in [-0.15, -0.1) is 6.58 Å². The number of hydrogen-bond acceptors (Lipinski definition) is 3. The van der Waals surface area contributed by atoms with Crippen molar-refractivity contribution in [2.45, 2.75) is 13.0 Å². The average molecular weight is 129 g/mol. The van der Waals surface area contributed by atoms with Crippen LogP contribution in [0.5, 0.6) is 0 Å². The molecule has 2 N–H and O–H groups in total. The summed E-state index contributed by atoms with van der Waals surface area (Å²) in [6.45, 7) is 5.43. The Labute approximate surface area is 54.5 Å². The summed E-state index contributed by atoms with van der Waals surface area (Å²) in [5.41, 5.74) is 5.21. The zero-order chi connectivity index (χ0) is 7.28. The molecule has 9 heavy (non-hydrogen) atoms. The van der Waals surface area contributed by atoms with E-state index in [0.717, 1.165) is 0 Å². The number of nitrogens with two attached hydrogens (primary N) is 1. The number of carbonyl (C=O) groups excluding carboxylic acids is 1. The average Bonchev–Trinajstić information content (AvgIpc) is 1.87. The van der Waals surface area contributed by atoms with Crippen LogP contribution in [0.3, 0.4) is 0 Å². The third kappa shape index (κ3) is 2.87. The molecule has 3 heteroatoms. The normalized spacial score (nSPS) is 12.2. The SMILES string of the molecule is C=C[C@@H](N)C(=O)OCC. The van der Waals surface area contributed by atoms with E-state index in [1.54, 1.807) is 6.92 Å². The van der Waals surface area contributed by atoms with Crippen molar-refractivity contribution in [1.82, 2.24) is 0 Å². The van der Waals surface area contributed by atoms with Gasteiger partial charge in [0, 0.05) is 0 Å². The molecule has 0 aromatic heterocycles. The monoisotopic (exact) mass is 129 g/mol. The summed E-state index contributed by atoms with van der Waals surface area (Å²) < 4.78 is 4.56. The van der Waals surface area contributed by atoms with E-state index in [1.807, 2.05) is 0 Å². The van der Waals surface area contributed by atoms with Crippen LogP contribution in [-0.4, -0.2) is 18.6 Å². The van der Waals surface area contributed by atoms with Gasteiger partial charge in [0.25, 0.3) is 0 Å². The van der Waals surface area contributed by atoms with Crippen molar-refractivity contribution < 1.29 is 9.53 Å². The predicted molar refractivity (Wildman–Crippen MR) is 34.8 cm³/mol. The molecule has 0 unspecified atom stereocenters. The van der Waals surface area contributed by atoms with Crippen LogP contribution < -0.4 is 5.73 Å². The quantitative estimate of drug-likeness (QED) is 0.433. The van der Waals surface area contributed by atoms with Gasteiger partial charge in [-0.3, -0.25) is 4.79 Å². The molecular formula is C6H11NO2. The molecule has 3 nitrogen and oxygen atoms in total. The Morgan fingerprint density at radius 2 is 2.56 bits per heavy atom. The van der Waals surface area contributed by atoms with Crippen molar-refractivity contribution in [1.29, 1.82) is 0 Å². The molecule has 0 amide bonds. The second-order valence-electron chi connectivity index (χ2n) is 1.51. The molecule has 0 heterocycles. The first-order chi connectivity index (χ1) is 4.22. The Hall–Kier alpha value is -0.830.